The summed E-state index contributed by atoms with van der Waals surface area (Å²) in [6.07, 6.45) is 3.07. The summed E-state index contributed by atoms with van der Waals surface area (Å²) in [5.74, 6) is 2.03. The van der Waals surface area contributed by atoms with Gasteiger partial charge in [0, 0.05) is 49.6 Å². The van der Waals surface area contributed by atoms with Gasteiger partial charge < -0.3 is 44.2 Å². The molecule has 2 aromatic heterocycles. The first-order valence-corrected chi connectivity index (χ1v) is 13.6. The van der Waals surface area contributed by atoms with Crippen LogP contribution in [-0.4, -0.2) is 84.0 Å². The summed E-state index contributed by atoms with van der Waals surface area (Å²) in [4.78, 5) is 45.5. The highest BCUT2D eigenvalue weighted by Crippen LogP contribution is 2.31. The number of anilines is 1. The number of carbonyl (C=O) groups is 3. The highest BCUT2D eigenvalue weighted by Gasteiger charge is 2.37. The molecule has 4 aromatic rings. The molecule has 14 heteroatoms. The minimum atomic E-state index is -0.417. The molecule has 1 saturated heterocycles. The van der Waals surface area contributed by atoms with Crippen molar-refractivity contribution in [2.24, 2.45) is 7.05 Å². The lowest BCUT2D eigenvalue weighted by molar-refractivity contribution is -0.123. The van der Waals surface area contributed by atoms with Gasteiger partial charge in [0.25, 0.3) is 18.3 Å². The Morgan fingerprint density at radius 1 is 1.05 bits per heavy atom. The number of nitrogens with zero attached hydrogens (tertiary/aromatic N) is 4. The normalized spacial score (nSPS) is 18.0. The van der Waals surface area contributed by atoms with E-state index in [1.165, 1.54) is 7.11 Å². The fraction of sp³-hybridized carbons (Fsp3) is 0.300. The second kappa shape index (κ2) is 13.2. The molecule has 14 nitrogen and oxygen atoms in total. The van der Waals surface area contributed by atoms with Crippen molar-refractivity contribution < 1.29 is 38.4 Å². The Kier molecular flexibility index (Phi) is 8.98. The van der Waals surface area contributed by atoms with Crippen LogP contribution in [0.5, 0.6) is 23.0 Å². The molecule has 0 spiro atoms. The first kappa shape index (κ1) is 29.9. The van der Waals surface area contributed by atoms with Gasteiger partial charge in [-0.25, -0.2) is 9.97 Å². The number of methoxy groups -OCH3 is 2. The van der Waals surface area contributed by atoms with Gasteiger partial charge in [-0.05, 0) is 30.3 Å². The van der Waals surface area contributed by atoms with Gasteiger partial charge in [0.05, 0.1) is 32.2 Å². The van der Waals surface area contributed by atoms with Gasteiger partial charge in [-0.1, -0.05) is 0 Å². The van der Waals surface area contributed by atoms with E-state index in [0.29, 0.717) is 41.7 Å². The van der Waals surface area contributed by atoms with E-state index in [-0.39, 0.29) is 31.4 Å². The molecule has 4 bridgehead atoms. The number of hydrogen-bond donors (Lipinski definition) is 3. The van der Waals surface area contributed by atoms with Crippen LogP contribution in [0.25, 0.3) is 11.0 Å². The van der Waals surface area contributed by atoms with Gasteiger partial charge in [0.15, 0.2) is 6.61 Å². The lowest BCUT2D eigenvalue weighted by Gasteiger charge is -2.22. The summed E-state index contributed by atoms with van der Waals surface area (Å²) in [6.45, 7) is 0.691. The first-order chi connectivity index (χ1) is 21.3. The van der Waals surface area contributed by atoms with Crippen molar-refractivity contribution in [1.29, 1.82) is 0 Å². The maximum absolute atomic E-state index is 13.6. The van der Waals surface area contributed by atoms with Crippen molar-refractivity contribution in [2.45, 2.75) is 18.7 Å². The van der Waals surface area contributed by atoms with Crippen LogP contribution in [-0.2, 0) is 23.2 Å². The van der Waals surface area contributed by atoms with Crippen molar-refractivity contribution in [2.75, 3.05) is 38.8 Å². The number of carboxylic acid groups (broad SMARTS) is 1. The number of amides is 2. The quantitative estimate of drug-likeness (QED) is 0.292. The second-order valence-corrected chi connectivity index (χ2v) is 10.0. The standard InChI is InChI=1S/C29H30N6O6.CH2O2/c1-34-7-6-22-27(34)31-16-32-28(22)35-13-23-25(14-35)41-19-5-4-17(24(11-19)39-3)12-30-26(36)15-40-21-9-18(29(37)33-23)8-20(10-21)38-2;2-1-3/h4-11,16,23,25H,12-15H2,1-3H3,(H,30,36)(H,33,37);1H,(H,2,3)/t23-,25-;/m0./s1. The monoisotopic (exact) mass is 604 g/mol. The Morgan fingerprint density at radius 2 is 1.86 bits per heavy atom. The molecule has 0 aliphatic carbocycles. The van der Waals surface area contributed by atoms with Crippen LogP contribution >= 0.6 is 0 Å². The molecule has 7 rings (SSSR count). The predicted molar refractivity (Wildman–Crippen MR) is 158 cm³/mol. The Hall–Kier alpha value is -5.53. The Bertz CT molecular complexity index is 1670. The van der Waals surface area contributed by atoms with Gasteiger partial charge in [-0.3, -0.25) is 14.4 Å². The van der Waals surface area contributed by atoms with Crippen molar-refractivity contribution >= 4 is 35.1 Å². The molecule has 5 heterocycles. The third-order valence-corrected chi connectivity index (χ3v) is 7.29. The molecule has 230 valence electrons. The number of hydrogen-bond acceptors (Lipinski definition) is 10. The van der Waals surface area contributed by atoms with E-state index >= 15 is 0 Å². The van der Waals surface area contributed by atoms with Gasteiger partial charge in [0.1, 0.15) is 46.9 Å². The third-order valence-electron chi connectivity index (χ3n) is 7.29. The van der Waals surface area contributed by atoms with E-state index in [1.54, 1.807) is 37.7 Å². The molecule has 3 aliphatic heterocycles. The lowest BCUT2D eigenvalue weighted by atomic mass is 10.1. The number of benzene rings is 2. The van der Waals surface area contributed by atoms with Gasteiger partial charge >= 0.3 is 0 Å². The Balaban J connectivity index is 0.00000123. The summed E-state index contributed by atoms with van der Waals surface area (Å²) in [6, 6.07) is 11.9. The maximum Gasteiger partial charge on any atom is 0.290 e. The molecular formula is C30H32N6O8. The van der Waals surface area contributed by atoms with Gasteiger partial charge in [-0.15, -0.1) is 0 Å². The summed E-state index contributed by atoms with van der Waals surface area (Å²) in [5, 5.41) is 13.8. The summed E-state index contributed by atoms with van der Waals surface area (Å²) < 4.78 is 25.1. The van der Waals surface area contributed by atoms with Crippen molar-refractivity contribution in [3.05, 3.63) is 66.1 Å². The summed E-state index contributed by atoms with van der Waals surface area (Å²) in [5.41, 5.74) is 1.93. The molecule has 0 saturated carbocycles. The molecule has 2 aromatic carbocycles. The highest BCUT2D eigenvalue weighted by atomic mass is 16.5. The number of rotatable bonds is 3. The Morgan fingerprint density at radius 3 is 2.64 bits per heavy atom. The van der Waals surface area contributed by atoms with E-state index in [4.69, 9.17) is 28.8 Å². The second-order valence-electron chi connectivity index (χ2n) is 10.0. The molecule has 3 N–H and O–H groups in total. The third kappa shape index (κ3) is 6.43. The number of aryl methyl sites for hydroxylation is 1. The van der Waals surface area contributed by atoms with E-state index in [1.807, 2.05) is 36.0 Å². The fourth-order valence-electron chi connectivity index (χ4n) is 5.19. The zero-order valence-electron chi connectivity index (χ0n) is 24.4. The topological polar surface area (TPSA) is 166 Å². The number of ether oxygens (including phenoxy) is 4. The fourth-order valence-corrected chi connectivity index (χ4v) is 5.19. The van der Waals surface area contributed by atoms with Crippen LogP contribution in [0.2, 0.25) is 0 Å². The number of fused-ring (bicyclic) bond motifs is 8. The van der Waals surface area contributed by atoms with Crippen LogP contribution < -0.4 is 34.5 Å². The SMILES string of the molecule is COc1cc2cc(c1)C(=O)N[C@H]1CN(c3ncnc4c3ccn4C)C[C@@H]1Oc1ccc(c(OC)c1)CNC(=O)CO2.O=CO. The first-order valence-electron chi connectivity index (χ1n) is 13.6. The van der Waals surface area contributed by atoms with E-state index in [9.17, 15) is 9.59 Å². The number of aromatic nitrogens is 3. The zero-order valence-corrected chi connectivity index (χ0v) is 24.4. The molecule has 2 amide bonds. The van der Waals surface area contributed by atoms with Crippen molar-refractivity contribution in [3.8, 4) is 23.0 Å². The van der Waals surface area contributed by atoms with Crippen LogP contribution in [0.15, 0.2) is 55.0 Å². The molecule has 44 heavy (non-hydrogen) atoms. The van der Waals surface area contributed by atoms with Gasteiger partial charge in [-0.2, -0.15) is 0 Å². The minimum absolute atomic E-state index is 0.232. The molecule has 2 atom stereocenters. The van der Waals surface area contributed by atoms with E-state index in [2.05, 4.69) is 25.5 Å². The van der Waals surface area contributed by atoms with Crippen LogP contribution in [0.1, 0.15) is 15.9 Å². The smallest absolute Gasteiger partial charge is 0.290 e. The number of carbonyl (C=O) groups excluding carboxylic acids is 2. The molecule has 0 unspecified atom stereocenters. The van der Waals surface area contributed by atoms with Crippen molar-refractivity contribution in [3.63, 3.8) is 0 Å². The van der Waals surface area contributed by atoms with Crippen LogP contribution in [0.4, 0.5) is 5.82 Å². The average molecular weight is 605 g/mol. The average Bonchev–Trinajstić information content (AvgIpc) is 3.61. The molecule has 0 radical (unpaired) electrons. The van der Waals surface area contributed by atoms with Gasteiger partial charge in [0.2, 0.25) is 0 Å². The molecule has 1 fully saturated rings. The van der Waals surface area contributed by atoms with Crippen LogP contribution in [0, 0.1) is 0 Å². The van der Waals surface area contributed by atoms with Crippen molar-refractivity contribution in [1.82, 2.24) is 25.2 Å². The largest absolute Gasteiger partial charge is 0.497 e. The summed E-state index contributed by atoms with van der Waals surface area (Å²) in [7, 11) is 5.01. The van der Waals surface area contributed by atoms with E-state index in [0.717, 1.165) is 22.4 Å². The summed E-state index contributed by atoms with van der Waals surface area (Å²) >= 11 is 0. The maximum atomic E-state index is 13.6. The highest BCUT2D eigenvalue weighted by molar-refractivity contribution is 5.95. The predicted octanol–water partition coefficient (Wildman–Crippen LogP) is 1.76. The molecule has 3 aliphatic rings. The zero-order chi connectivity index (χ0) is 31.2. The van der Waals surface area contributed by atoms with E-state index < -0.39 is 12.1 Å². The Labute approximate surface area is 252 Å². The lowest BCUT2D eigenvalue weighted by Crippen LogP contribution is -2.45. The minimum Gasteiger partial charge on any atom is -0.497 e. The van der Waals surface area contributed by atoms with Crippen LogP contribution in [0.3, 0.4) is 0 Å². The molecular weight excluding hydrogens is 572 g/mol. The number of nitrogens with one attached hydrogen (secondary N) is 2.